The van der Waals surface area contributed by atoms with Gasteiger partial charge in [0.25, 0.3) is 5.69 Å². The van der Waals surface area contributed by atoms with E-state index in [1.165, 1.54) is 12.1 Å². The largest absolute Gasteiger partial charge is 0.478 e. The number of hydrogen-bond donors (Lipinski definition) is 2. The molecule has 0 saturated carbocycles. The molecule has 3 atom stereocenters. The van der Waals surface area contributed by atoms with Gasteiger partial charge in [-0.05, 0) is 36.1 Å². The number of anilines is 1. The Kier molecular flexibility index (Phi) is 3.92. The van der Waals surface area contributed by atoms with Crippen molar-refractivity contribution in [3.05, 3.63) is 80.4 Å². The van der Waals surface area contributed by atoms with Crippen molar-refractivity contribution in [1.29, 1.82) is 0 Å². The molecule has 0 saturated heterocycles. The Hall–Kier alpha value is -2.86. The number of fused-ring (bicyclic) bond motifs is 3. The van der Waals surface area contributed by atoms with E-state index >= 15 is 0 Å². The Bertz CT molecular complexity index is 939. The Labute approximate surface area is 154 Å². The van der Waals surface area contributed by atoms with Crippen LogP contribution in [0.1, 0.15) is 39.9 Å². The van der Waals surface area contributed by atoms with Gasteiger partial charge in [0, 0.05) is 17.0 Å². The van der Waals surface area contributed by atoms with E-state index in [-0.39, 0.29) is 29.1 Å². The van der Waals surface area contributed by atoms with Gasteiger partial charge in [-0.3, -0.25) is 10.1 Å². The highest BCUT2D eigenvalue weighted by molar-refractivity contribution is 6.30. The molecule has 1 aliphatic heterocycles. The second-order valence-corrected chi connectivity index (χ2v) is 6.95. The molecule has 1 aliphatic carbocycles. The molecule has 2 aromatic rings. The van der Waals surface area contributed by atoms with Crippen LogP contribution in [0, 0.1) is 16.0 Å². The predicted octanol–water partition coefficient (Wildman–Crippen LogP) is 4.77. The third-order valence-electron chi connectivity index (χ3n) is 5.15. The van der Waals surface area contributed by atoms with Gasteiger partial charge in [0.05, 0.1) is 27.8 Å². The molecule has 0 unspecified atom stereocenters. The second-order valence-electron chi connectivity index (χ2n) is 6.51. The maximum Gasteiger partial charge on any atom is 0.337 e. The zero-order valence-electron chi connectivity index (χ0n) is 13.6. The fraction of sp³-hybridized carbons (Fsp3) is 0.211. The number of carboxylic acid groups (broad SMARTS) is 1. The lowest BCUT2D eigenvalue weighted by atomic mass is 9.75. The predicted molar refractivity (Wildman–Crippen MR) is 97.9 cm³/mol. The third kappa shape index (κ3) is 2.54. The van der Waals surface area contributed by atoms with Crippen molar-refractivity contribution in [3.63, 3.8) is 0 Å². The summed E-state index contributed by atoms with van der Waals surface area (Å²) >= 11 is 5.98. The zero-order chi connectivity index (χ0) is 18.4. The first-order valence-electron chi connectivity index (χ1n) is 8.20. The molecule has 1 heterocycles. The smallest absolute Gasteiger partial charge is 0.337 e. The summed E-state index contributed by atoms with van der Waals surface area (Å²) < 4.78 is 0. The number of nitrogens with one attached hydrogen (secondary N) is 1. The highest BCUT2D eigenvalue weighted by atomic mass is 35.5. The van der Waals surface area contributed by atoms with E-state index in [9.17, 15) is 20.0 Å². The second kappa shape index (κ2) is 6.14. The SMILES string of the molecule is O=C(O)c1ccc([N+](=O)[O-])c2c1N[C@H](c1ccc(Cl)cc1)[C@@H]1CC=C[C@H]21. The van der Waals surface area contributed by atoms with E-state index in [1.807, 2.05) is 24.3 Å². The monoisotopic (exact) mass is 370 g/mol. The minimum absolute atomic E-state index is 0.0447. The number of rotatable bonds is 3. The number of nitro groups is 1. The molecular formula is C19H15ClN2O4. The fourth-order valence-corrected chi connectivity index (χ4v) is 4.15. The Morgan fingerprint density at radius 2 is 1.96 bits per heavy atom. The van der Waals surface area contributed by atoms with Gasteiger partial charge in [-0.2, -0.15) is 0 Å². The topological polar surface area (TPSA) is 92.5 Å². The first kappa shape index (κ1) is 16.6. The minimum Gasteiger partial charge on any atom is -0.478 e. The standard InChI is InChI=1S/C19H15ClN2O4/c20-11-6-4-10(5-7-11)17-13-3-1-2-12(13)16-15(22(25)26)9-8-14(19(23)24)18(16)21-17/h1-2,4-9,12-13,17,21H,3H2,(H,23,24)/t12-,13+,17+/m0/s1. The van der Waals surface area contributed by atoms with Crippen molar-refractivity contribution in [3.8, 4) is 0 Å². The first-order valence-corrected chi connectivity index (χ1v) is 8.58. The number of carbonyl (C=O) groups is 1. The molecule has 6 nitrogen and oxygen atoms in total. The number of hydrogen-bond acceptors (Lipinski definition) is 4. The fourth-order valence-electron chi connectivity index (χ4n) is 4.03. The van der Waals surface area contributed by atoms with E-state index in [1.54, 1.807) is 12.1 Å². The van der Waals surface area contributed by atoms with Crippen LogP contribution in [-0.4, -0.2) is 16.0 Å². The number of carboxylic acids is 1. The van der Waals surface area contributed by atoms with E-state index in [2.05, 4.69) is 5.32 Å². The molecule has 0 bridgehead atoms. The molecule has 2 aliphatic rings. The summed E-state index contributed by atoms with van der Waals surface area (Å²) in [5.41, 5.74) is 1.76. The third-order valence-corrected chi connectivity index (χ3v) is 5.40. The molecule has 0 fully saturated rings. The van der Waals surface area contributed by atoms with E-state index in [4.69, 9.17) is 11.6 Å². The lowest BCUT2D eigenvalue weighted by Crippen LogP contribution is -2.31. The van der Waals surface area contributed by atoms with E-state index < -0.39 is 10.9 Å². The van der Waals surface area contributed by atoms with Crippen LogP contribution in [0.4, 0.5) is 11.4 Å². The number of nitrogens with zero attached hydrogens (tertiary/aromatic N) is 1. The van der Waals surface area contributed by atoms with Crippen molar-refractivity contribution < 1.29 is 14.8 Å². The number of allylic oxidation sites excluding steroid dienone is 2. The maximum atomic E-state index is 11.7. The van der Waals surface area contributed by atoms with Crippen LogP contribution in [0.25, 0.3) is 0 Å². The Morgan fingerprint density at radius 1 is 1.23 bits per heavy atom. The van der Waals surface area contributed by atoms with Gasteiger partial charge in [-0.15, -0.1) is 0 Å². The normalized spacial score (nSPS) is 23.0. The minimum atomic E-state index is -1.11. The molecule has 2 N–H and O–H groups in total. The summed E-state index contributed by atoms with van der Waals surface area (Å²) in [6, 6.07) is 9.81. The number of benzene rings is 2. The van der Waals surface area contributed by atoms with Crippen LogP contribution in [0.5, 0.6) is 0 Å². The van der Waals surface area contributed by atoms with Crippen LogP contribution in [-0.2, 0) is 0 Å². The van der Waals surface area contributed by atoms with Crippen molar-refractivity contribution in [2.45, 2.75) is 18.4 Å². The molecule has 0 aromatic heterocycles. The van der Waals surface area contributed by atoms with Crippen molar-refractivity contribution in [1.82, 2.24) is 0 Å². The van der Waals surface area contributed by atoms with Gasteiger partial charge >= 0.3 is 5.97 Å². The number of halogens is 1. The molecule has 0 radical (unpaired) electrons. The maximum absolute atomic E-state index is 11.7. The Balaban J connectivity index is 1.91. The van der Waals surface area contributed by atoms with Crippen molar-refractivity contribution in [2.75, 3.05) is 5.32 Å². The number of nitro benzene ring substituents is 1. The van der Waals surface area contributed by atoms with Crippen LogP contribution in [0.3, 0.4) is 0 Å². The molecular weight excluding hydrogens is 356 g/mol. The van der Waals surface area contributed by atoms with Gasteiger partial charge in [0.1, 0.15) is 0 Å². The van der Waals surface area contributed by atoms with Gasteiger partial charge in [0.2, 0.25) is 0 Å². The van der Waals surface area contributed by atoms with Crippen LogP contribution in [0.2, 0.25) is 5.02 Å². The number of aromatic carboxylic acids is 1. The molecule has 2 aromatic carbocycles. The van der Waals surface area contributed by atoms with Crippen molar-refractivity contribution >= 4 is 28.9 Å². The van der Waals surface area contributed by atoms with Gasteiger partial charge in [-0.1, -0.05) is 35.9 Å². The summed E-state index contributed by atoms with van der Waals surface area (Å²) in [6.07, 6.45) is 4.72. The zero-order valence-corrected chi connectivity index (χ0v) is 14.3. The summed E-state index contributed by atoms with van der Waals surface area (Å²) in [5.74, 6) is -1.24. The van der Waals surface area contributed by atoms with Gasteiger partial charge in [-0.25, -0.2) is 4.79 Å². The molecule has 26 heavy (non-hydrogen) atoms. The summed E-state index contributed by atoms with van der Waals surface area (Å²) in [5, 5.41) is 25.0. The van der Waals surface area contributed by atoms with E-state index in [0.717, 1.165) is 12.0 Å². The summed E-state index contributed by atoms with van der Waals surface area (Å²) in [6.45, 7) is 0. The van der Waals surface area contributed by atoms with Crippen LogP contribution < -0.4 is 5.32 Å². The van der Waals surface area contributed by atoms with E-state index in [0.29, 0.717) is 16.3 Å². The molecule has 0 spiro atoms. The van der Waals surface area contributed by atoms with Crippen LogP contribution in [0.15, 0.2) is 48.6 Å². The van der Waals surface area contributed by atoms with Gasteiger partial charge < -0.3 is 10.4 Å². The first-order chi connectivity index (χ1) is 12.5. The molecule has 132 valence electrons. The van der Waals surface area contributed by atoms with Gasteiger partial charge in [0.15, 0.2) is 0 Å². The molecule has 7 heteroatoms. The summed E-state index contributed by atoms with van der Waals surface area (Å²) in [4.78, 5) is 22.8. The summed E-state index contributed by atoms with van der Waals surface area (Å²) in [7, 11) is 0. The average Bonchev–Trinajstić information content (AvgIpc) is 3.10. The molecule has 0 amide bonds. The van der Waals surface area contributed by atoms with Crippen LogP contribution >= 0.6 is 11.6 Å². The average molecular weight is 371 g/mol. The quantitative estimate of drug-likeness (QED) is 0.461. The Morgan fingerprint density at radius 3 is 2.62 bits per heavy atom. The lowest BCUT2D eigenvalue weighted by Gasteiger charge is -2.37. The highest BCUT2D eigenvalue weighted by Crippen LogP contribution is 2.53. The molecule has 4 rings (SSSR count). The lowest BCUT2D eigenvalue weighted by molar-refractivity contribution is -0.385. The van der Waals surface area contributed by atoms with Crippen molar-refractivity contribution in [2.24, 2.45) is 5.92 Å². The highest BCUT2D eigenvalue weighted by Gasteiger charge is 2.43.